The van der Waals surface area contributed by atoms with Crippen molar-refractivity contribution in [3.05, 3.63) is 11.6 Å². The van der Waals surface area contributed by atoms with Gasteiger partial charge in [0.25, 0.3) is 0 Å². The van der Waals surface area contributed by atoms with Crippen molar-refractivity contribution in [1.29, 1.82) is 0 Å². The summed E-state index contributed by atoms with van der Waals surface area (Å²) in [6, 6.07) is 0. The van der Waals surface area contributed by atoms with Gasteiger partial charge in [-0.2, -0.15) is 0 Å². The highest BCUT2D eigenvalue weighted by atomic mass is 16.3. The van der Waals surface area contributed by atoms with Gasteiger partial charge >= 0.3 is 0 Å². The minimum Gasteiger partial charge on any atom is -0.386 e. The van der Waals surface area contributed by atoms with E-state index >= 15 is 0 Å². The van der Waals surface area contributed by atoms with E-state index in [0.717, 1.165) is 32.1 Å². The monoisotopic (exact) mass is 212 g/mol. The molecule has 0 aromatic heterocycles. The fraction of sp³-hybridized carbons (Fsp3) is 0.857. The van der Waals surface area contributed by atoms with Crippen LogP contribution in [0.1, 0.15) is 72.6 Å². The van der Waals surface area contributed by atoms with Crippen molar-refractivity contribution in [3.63, 3.8) is 0 Å². The van der Waals surface area contributed by atoms with Gasteiger partial charge in [0.15, 0.2) is 0 Å². The minimum atomic E-state index is -0.538. The lowest BCUT2D eigenvalue weighted by Gasteiger charge is -2.25. The Morgan fingerprint density at radius 2 is 1.53 bits per heavy atom. The number of hydrogen-bond acceptors (Lipinski definition) is 1. The van der Waals surface area contributed by atoms with Crippen molar-refractivity contribution in [2.45, 2.75) is 78.2 Å². The quantitative estimate of drug-likeness (QED) is 0.465. The average Bonchev–Trinajstić information content (AvgIpc) is 2.14. The summed E-state index contributed by atoms with van der Waals surface area (Å²) in [5, 5.41) is 10.5. The molecule has 0 aliphatic heterocycles. The highest BCUT2D eigenvalue weighted by Crippen LogP contribution is 2.24. The predicted molar refractivity (Wildman–Crippen MR) is 68.0 cm³/mol. The van der Waals surface area contributed by atoms with Crippen LogP contribution in [0.25, 0.3) is 0 Å². The molecule has 15 heavy (non-hydrogen) atoms. The SMILES string of the molecule is CCCCCC(O)(C=C(C)C)CCCC. The van der Waals surface area contributed by atoms with E-state index in [9.17, 15) is 5.11 Å². The van der Waals surface area contributed by atoms with Crippen LogP contribution in [-0.2, 0) is 0 Å². The molecule has 0 saturated heterocycles. The molecule has 0 aliphatic carbocycles. The van der Waals surface area contributed by atoms with Crippen LogP contribution in [-0.4, -0.2) is 10.7 Å². The predicted octanol–water partition coefficient (Wildman–Crippen LogP) is 4.45. The Bertz CT molecular complexity index is 180. The van der Waals surface area contributed by atoms with Gasteiger partial charge in [-0.25, -0.2) is 0 Å². The Hall–Kier alpha value is -0.300. The maximum Gasteiger partial charge on any atom is 0.0830 e. The van der Waals surface area contributed by atoms with Crippen LogP contribution in [0.3, 0.4) is 0 Å². The molecule has 0 fully saturated rings. The van der Waals surface area contributed by atoms with Gasteiger partial charge < -0.3 is 5.11 Å². The maximum absolute atomic E-state index is 10.5. The first-order chi connectivity index (χ1) is 7.04. The molecule has 1 nitrogen and oxygen atoms in total. The van der Waals surface area contributed by atoms with E-state index in [-0.39, 0.29) is 0 Å². The average molecular weight is 212 g/mol. The van der Waals surface area contributed by atoms with Crippen LogP contribution in [0.4, 0.5) is 0 Å². The van der Waals surface area contributed by atoms with E-state index in [1.54, 1.807) is 0 Å². The molecule has 0 aromatic rings. The van der Waals surface area contributed by atoms with Crippen LogP contribution < -0.4 is 0 Å². The molecular formula is C14H28O. The molecule has 0 radical (unpaired) electrons. The number of allylic oxidation sites excluding steroid dienone is 1. The van der Waals surface area contributed by atoms with Crippen molar-refractivity contribution in [3.8, 4) is 0 Å². The summed E-state index contributed by atoms with van der Waals surface area (Å²) < 4.78 is 0. The zero-order valence-corrected chi connectivity index (χ0v) is 11.0. The molecule has 90 valence electrons. The Labute approximate surface area is 95.6 Å². The smallest absolute Gasteiger partial charge is 0.0830 e. The molecule has 0 bridgehead atoms. The lowest BCUT2D eigenvalue weighted by molar-refractivity contribution is 0.0662. The van der Waals surface area contributed by atoms with Crippen molar-refractivity contribution in [2.24, 2.45) is 0 Å². The third-order valence-electron chi connectivity index (χ3n) is 2.73. The lowest BCUT2D eigenvalue weighted by atomic mass is 9.89. The summed E-state index contributed by atoms with van der Waals surface area (Å²) in [5.74, 6) is 0. The lowest BCUT2D eigenvalue weighted by Crippen LogP contribution is -2.26. The molecule has 0 amide bonds. The van der Waals surface area contributed by atoms with Crippen molar-refractivity contribution >= 4 is 0 Å². The third-order valence-corrected chi connectivity index (χ3v) is 2.73. The zero-order valence-electron chi connectivity index (χ0n) is 11.0. The molecule has 0 rings (SSSR count). The second kappa shape index (κ2) is 7.92. The van der Waals surface area contributed by atoms with E-state index in [1.165, 1.54) is 18.4 Å². The second-order valence-corrected chi connectivity index (χ2v) is 4.89. The molecule has 0 heterocycles. The van der Waals surface area contributed by atoms with E-state index in [4.69, 9.17) is 0 Å². The van der Waals surface area contributed by atoms with Gasteiger partial charge in [-0.15, -0.1) is 0 Å². The van der Waals surface area contributed by atoms with E-state index < -0.39 is 5.60 Å². The van der Waals surface area contributed by atoms with Gasteiger partial charge in [0.1, 0.15) is 0 Å². The molecule has 0 aliphatic rings. The molecule has 0 aromatic carbocycles. The summed E-state index contributed by atoms with van der Waals surface area (Å²) in [4.78, 5) is 0. The van der Waals surface area contributed by atoms with E-state index in [1.807, 2.05) is 0 Å². The Kier molecular flexibility index (Phi) is 7.76. The fourth-order valence-corrected chi connectivity index (χ4v) is 1.97. The second-order valence-electron chi connectivity index (χ2n) is 4.89. The van der Waals surface area contributed by atoms with E-state index in [2.05, 4.69) is 33.8 Å². The topological polar surface area (TPSA) is 20.2 Å². The Morgan fingerprint density at radius 3 is 2.00 bits per heavy atom. The fourth-order valence-electron chi connectivity index (χ4n) is 1.97. The molecule has 0 saturated carbocycles. The summed E-state index contributed by atoms with van der Waals surface area (Å²) in [7, 11) is 0. The Balaban J connectivity index is 4.20. The summed E-state index contributed by atoms with van der Waals surface area (Å²) >= 11 is 0. The summed E-state index contributed by atoms with van der Waals surface area (Å²) in [6.07, 6.45) is 9.76. The highest BCUT2D eigenvalue weighted by Gasteiger charge is 2.22. The molecular weight excluding hydrogens is 184 g/mol. The normalized spacial score (nSPS) is 14.7. The van der Waals surface area contributed by atoms with Crippen molar-refractivity contribution < 1.29 is 5.11 Å². The minimum absolute atomic E-state index is 0.538. The Morgan fingerprint density at radius 1 is 1.00 bits per heavy atom. The maximum atomic E-state index is 10.5. The number of unbranched alkanes of at least 4 members (excludes halogenated alkanes) is 3. The van der Waals surface area contributed by atoms with Crippen LogP contribution >= 0.6 is 0 Å². The van der Waals surface area contributed by atoms with Gasteiger partial charge in [0.05, 0.1) is 5.60 Å². The van der Waals surface area contributed by atoms with Gasteiger partial charge in [-0.1, -0.05) is 57.6 Å². The van der Waals surface area contributed by atoms with Gasteiger partial charge in [0, 0.05) is 0 Å². The zero-order chi connectivity index (χ0) is 11.7. The number of hydrogen-bond donors (Lipinski definition) is 1. The molecule has 1 unspecified atom stereocenters. The molecule has 1 N–H and O–H groups in total. The largest absolute Gasteiger partial charge is 0.386 e. The van der Waals surface area contributed by atoms with Crippen molar-refractivity contribution in [1.82, 2.24) is 0 Å². The van der Waals surface area contributed by atoms with Gasteiger partial charge in [-0.3, -0.25) is 0 Å². The molecule has 1 atom stereocenters. The first-order valence-electron chi connectivity index (χ1n) is 6.42. The standard InChI is InChI=1S/C14H28O/c1-5-7-9-11-14(15,10-8-6-2)12-13(3)4/h12,15H,5-11H2,1-4H3. The highest BCUT2D eigenvalue weighted by molar-refractivity contribution is 5.06. The van der Waals surface area contributed by atoms with Gasteiger partial charge in [-0.05, 0) is 26.7 Å². The van der Waals surface area contributed by atoms with Crippen LogP contribution in [0.15, 0.2) is 11.6 Å². The van der Waals surface area contributed by atoms with Crippen LogP contribution in [0.2, 0.25) is 0 Å². The van der Waals surface area contributed by atoms with Gasteiger partial charge in [0.2, 0.25) is 0 Å². The third kappa shape index (κ3) is 7.61. The first kappa shape index (κ1) is 14.7. The first-order valence-corrected chi connectivity index (χ1v) is 6.42. The summed E-state index contributed by atoms with van der Waals surface area (Å²) in [6.45, 7) is 8.51. The molecule has 1 heteroatoms. The van der Waals surface area contributed by atoms with Crippen LogP contribution in [0, 0.1) is 0 Å². The number of aliphatic hydroxyl groups is 1. The van der Waals surface area contributed by atoms with E-state index in [0.29, 0.717) is 0 Å². The summed E-state index contributed by atoms with van der Waals surface area (Å²) in [5.41, 5.74) is 0.689. The molecule has 0 spiro atoms. The van der Waals surface area contributed by atoms with Crippen LogP contribution in [0.5, 0.6) is 0 Å². The number of rotatable bonds is 8. The van der Waals surface area contributed by atoms with Crippen molar-refractivity contribution in [2.75, 3.05) is 0 Å².